The van der Waals surface area contributed by atoms with Gasteiger partial charge in [-0.2, -0.15) is 0 Å². The van der Waals surface area contributed by atoms with Gasteiger partial charge in [-0.05, 0) is 45.4 Å². The van der Waals surface area contributed by atoms with E-state index in [2.05, 4.69) is 21.6 Å². The zero-order valence-corrected chi connectivity index (χ0v) is 12.7. The van der Waals surface area contributed by atoms with Crippen molar-refractivity contribution < 1.29 is 0 Å². The molecule has 0 saturated carbocycles. The number of nitrogens with two attached hydrogens (primary N) is 1. The molecule has 0 aromatic heterocycles. The van der Waals surface area contributed by atoms with Crippen molar-refractivity contribution in [2.45, 2.75) is 38.6 Å². The zero-order chi connectivity index (χ0) is 13.5. The molecule has 0 aliphatic carbocycles. The Hall–Kier alpha value is -0.160. The Kier molecular flexibility index (Phi) is 6.57. The van der Waals surface area contributed by atoms with E-state index < -0.39 is 0 Å². The van der Waals surface area contributed by atoms with Gasteiger partial charge in [0, 0.05) is 38.8 Å². The van der Waals surface area contributed by atoms with Crippen molar-refractivity contribution in [1.82, 2.24) is 14.7 Å². The summed E-state index contributed by atoms with van der Waals surface area (Å²) in [6, 6.07) is 0.693. The van der Waals surface area contributed by atoms with Gasteiger partial charge in [0.25, 0.3) is 0 Å². The second-order valence-corrected chi connectivity index (χ2v) is 6.06. The van der Waals surface area contributed by atoms with Crippen LogP contribution in [-0.2, 0) is 0 Å². The van der Waals surface area contributed by atoms with Crippen LogP contribution in [-0.4, -0.2) is 79.6 Å². The molecule has 4 nitrogen and oxygen atoms in total. The third kappa shape index (κ3) is 4.71. The summed E-state index contributed by atoms with van der Waals surface area (Å²) in [7, 11) is 0. The first-order valence-corrected chi connectivity index (χ1v) is 8.22. The first-order valence-electron chi connectivity index (χ1n) is 8.22. The minimum Gasteiger partial charge on any atom is -0.330 e. The van der Waals surface area contributed by atoms with E-state index >= 15 is 0 Å². The number of hydrogen-bond acceptors (Lipinski definition) is 4. The number of nitrogens with zero attached hydrogens (tertiary/aromatic N) is 3. The lowest BCUT2D eigenvalue weighted by Gasteiger charge is -2.40. The summed E-state index contributed by atoms with van der Waals surface area (Å²) in [4.78, 5) is 7.90. The van der Waals surface area contributed by atoms with E-state index in [9.17, 15) is 0 Å². The first-order chi connectivity index (χ1) is 9.33. The van der Waals surface area contributed by atoms with Crippen LogP contribution in [0.4, 0.5) is 0 Å². The van der Waals surface area contributed by atoms with Crippen LogP contribution >= 0.6 is 0 Å². The minimum absolute atomic E-state index is 0.693. The summed E-state index contributed by atoms with van der Waals surface area (Å²) in [6.45, 7) is 13.1. The molecule has 2 heterocycles. The summed E-state index contributed by atoms with van der Waals surface area (Å²) >= 11 is 0. The van der Waals surface area contributed by atoms with Gasteiger partial charge in [-0.1, -0.05) is 13.3 Å². The maximum absolute atomic E-state index is 5.83. The average Bonchev–Trinajstić information content (AvgIpc) is 2.48. The summed E-state index contributed by atoms with van der Waals surface area (Å²) < 4.78 is 0. The molecule has 0 radical (unpaired) electrons. The molecule has 112 valence electrons. The molecule has 1 unspecified atom stereocenters. The van der Waals surface area contributed by atoms with Crippen LogP contribution in [0, 0.1) is 0 Å². The zero-order valence-electron chi connectivity index (χ0n) is 12.7. The number of piperidine rings is 1. The van der Waals surface area contributed by atoms with Crippen molar-refractivity contribution in [1.29, 1.82) is 0 Å². The lowest BCUT2D eigenvalue weighted by atomic mass is 10.1. The maximum atomic E-state index is 5.83. The Morgan fingerprint density at radius 2 is 1.53 bits per heavy atom. The van der Waals surface area contributed by atoms with Crippen LogP contribution in [0.25, 0.3) is 0 Å². The summed E-state index contributed by atoms with van der Waals surface area (Å²) in [6.07, 6.45) is 5.34. The largest absolute Gasteiger partial charge is 0.330 e. The smallest absolute Gasteiger partial charge is 0.0235 e. The Bertz CT molecular complexity index is 232. The van der Waals surface area contributed by atoms with Gasteiger partial charge < -0.3 is 10.6 Å². The van der Waals surface area contributed by atoms with Gasteiger partial charge >= 0.3 is 0 Å². The quantitative estimate of drug-likeness (QED) is 0.774. The van der Waals surface area contributed by atoms with Crippen molar-refractivity contribution in [2.24, 2.45) is 5.73 Å². The van der Waals surface area contributed by atoms with E-state index in [1.165, 1.54) is 71.6 Å². The standard InChI is InChI=1S/C15H32N4/c1-2-17-10-12-18(13-11-17)14-15(6-7-16)19-8-4-3-5-9-19/h15H,2-14,16H2,1H3. The molecule has 2 rings (SSSR count). The fourth-order valence-corrected chi connectivity index (χ4v) is 3.45. The van der Waals surface area contributed by atoms with Crippen LogP contribution in [0.5, 0.6) is 0 Å². The Labute approximate surface area is 118 Å². The average molecular weight is 268 g/mol. The SMILES string of the molecule is CCN1CCN(CC(CCN)N2CCCCC2)CC1. The van der Waals surface area contributed by atoms with E-state index in [4.69, 9.17) is 5.73 Å². The van der Waals surface area contributed by atoms with Crippen molar-refractivity contribution in [2.75, 3.05) is 58.9 Å². The molecule has 2 fully saturated rings. The lowest BCUT2D eigenvalue weighted by molar-refractivity contribution is 0.0799. The van der Waals surface area contributed by atoms with Crippen molar-refractivity contribution in [3.05, 3.63) is 0 Å². The fourth-order valence-electron chi connectivity index (χ4n) is 3.45. The van der Waals surface area contributed by atoms with Crippen LogP contribution in [0.3, 0.4) is 0 Å². The van der Waals surface area contributed by atoms with Gasteiger partial charge in [0.1, 0.15) is 0 Å². The maximum Gasteiger partial charge on any atom is 0.0235 e. The second kappa shape index (κ2) is 8.20. The van der Waals surface area contributed by atoms with Gasteiger partial charge in [0.2, 0.25) is 0 Å². The molecule has 2 N–H and O–H groups in total. The highest BCUT2D eigenvalue weighted by Gasteiger charge is 2.24. The Morgan fingerprint density at radius 3 is 2.11 bits per heavy atom. The minimum atomic E-state index is 0.693. The molecule has 0 aromatic carbocycles. The molecule has 2 saturated heterocycles. The first kappa shape index (κ1) is 15.2. The predicted octanol–water partition coefficient (Wildman–Crippen LogP) is 0.827. The third-order valence-electron chi connectivity index (χ3n) is 4.79. The predicted molar refractivity (Wildman–Crippen MR) is 81.4 cm³/mol. The lowest BCUT2D eigenvalue weighted by Crippen LogP contribution is -2.52. The van der Waals surface area contributed by atoms with Crippen molar-refractivity contribution in [3.8, 4) is 0 Å². The Balaban J connectivity index is 1.79. The van der Waals surface area contributed by atoms with E-state index in [1.807, 2.05) is 0 Å². The highest BCUT2D eigenvalue weighted by atomic mass is 15.3. The Morgan fingerprint density at radius 1 is 0.895 bits per heavy atom. The number of likely N-dealkylation sites (N-methyl/N-ethyl adjacent to an activating group) is 1. The molecule has 1 atom stereocenters. The van der Waals surface area contributed by atoms with Crippen LogP contribution in [0.1, 0.15) is 32.6 Å². The van der Waals surface area contributed by atoms with Gasteiger partial charge in [0.05, 0.1) is 0 Å². The van der Waals surface area contributed by atoms with E-state index in [0.717, 1.165) is 13.0 Å². The highest BCUT2D eigenvalue weighted by Crippen LogP contribution is 2.15. The third-order valence-corrected chi connectivity index (χ3v) is 4.79. The number of likely N-dealkylation sites (tertiary alicyclic amines) is 1. The van der Waals surface area contributed by atoms with E-state index in [-0.39, 0.29) is 0 Å². The topological polar surface area (TPSA) is 35.7 Å². The molecule has 2 aliphatic heterocycles. The van der Waals surface area contributed by atoms with E-state index in [0.29, 0.717) is 6.04 Å². The van der Waals surface area contributed by atoms with Crippen molar-refractivity contribution >= 4 is 0 Å². The van der Waals surface area contributed by atoms with E-state index in [1.54, 1.807) is 0 Å². The molecular weight excluding hydrogens is 236 g/mol. The molecule has 4 heteroatoms. The summed E-state index contributed by atoms with van der Waals surface area (Å²) in [5.74, 6) is 0. The molecule has 0 aromatic rings. The normalized spacial score (nSPS) is 25.6. The molecule has 2 aliphatic rings. The second-order valence-electron chi connectivity index (χ2n) is 6.06. The summed E-state index contributed by atoms with van der Waals surface area (Å²) in [5, 5.41) is 0. The van der Waals surface area contributed by atoms with Gasteiger partial charge in [-0.25, -0.2) is 0 Å². The number of rotatable bonds is 6. The van der Waals surface area contributed by atoms with Crippen molar-refractivity contribution in [3.63, 3.8) is 0 Å². The molecule has 0 amide bonds. The fraction of sp³-hybridized carbons (Fsp3) is 1.00. The number of hydrogen-bond donors (Lipinski definition) is 1. The molecular formula is C15H32N4. The van der Waals surface area contributed by atoms with Crippen LogP contribution in [0.15, 0.2) is 0 Å². The number of piperazine rings is 1. The van der Waals surface area contributed by atoms with Gasteiger partial charge in [-0.15, -0.1) is 0 Å². The van der Waals surface area contributed by atoms with Crippen LogP contribution in [0.2, 0.25) is 0 Å². The summed E-state index contributed by atoms with van der Waals surface area (Å²) in [5.41, 5.74) is 5.83. The van der Waals surface area contributed by atoms with Crippen LogP contribution < -0.4 is 5.73 Å². The molecule has 0 bridgehead atoms. The van der Waals surface area contributed by atoms with Gasteiger partial charge in [-0.3, -0.25) is 9.80 Å². The molecule has 0 spiro atoms. The highest BCUT2D eigenvalue weighted by molar-refractivity contribution is 4.81. The van der Waals surface area contributed by atoms with Gasteiger partial charge in [0.15, 0.2) is 0 Å². The monoisotopic (exact) mass is 268 g/mol. The molecule has 19 heavy (non-hydrogen) atoms.